The van der Waals surface area contributed by atoms with Gasteiger partial charge in [0, 0.05) is 23.6 Å². The zero-order chi connectivity index (χ0) is 22.9. The summed E-state index contributed by atoms with van der Waals surface area (Å²) >= 11 is 1.53. The number of ether oxygens (including phenoxy) is 2. The van der Waals surface area contributed by atoms with Gasteiger partial charge in [0.25, 0.3) is 0 Å². The molecule has 1 atom stereocenters. The predicted octanol–water partition coefficient (Wildman–Crippen LogP) is 5.08. The summed E-state index contributed by atoms with van der Waals surface area (Å²) in [5.74, 6) is 1.81. The number of allylic oxidation sites excluding steroid dienone is 1. The zero-order valence-electron chi connectivity index (χ0n) is 18.4. The Balaban J connectivity index is 1.54. The van der Waals surface area contributed by atoms with Crippen LogP contribution in [0.15, 0.2) is 71.3 Å². The van der Waals surface area contributed by atoms with E-state index in [1.165, 1.54) is 11.8 Å². The standard InChI is InChI=1S/C26H23N3O3S/c1-31-19-10-8-18(9-11-19)28-15-29-24(30)13-21(22(14-27)26(29)33-16-28)25-20-6-4-3-5-17(20)7-12-23(25)32-2/h3-12,21H,13,15-16H2,1-2H3/t21-/m1/s1. The maximum absolute atomic E-state index is 13.4. The van der Waals surface area contributed by atoms with Gasteiger partial charge < -0.3 is 14.4 Å². The van der Waals surface area contributed by atoms with Crippen molar-refractivity contribution in [2.75, 3.05) is 31.7 Å². The molecule has 0 aliphatic carbocycles. The summed E-state index contributed by atoms with van der Waals surface area (Å²) in [7, 11) is 3.27. The van der Waals surface area contributed by atoms with Crippen LogP contribution >= 0.6 is 11.8 Å². The molecular weight excluding hydrogens is 434 g/mol. The van der Waals surface area contributed by atoms with E-state index in [0.717, 1.165) is 32.8 Å². The third kappa shape index (κ3) is 3.66. The average molecular weight is 458 g/mol. The second kappa shape index (κ2) is 8.72. The minimum atomic E-state index is -0.338. The van der Waals surface area contributed by atoms with Crippen LogP contribution in [-0.4, -0.2) is 37.6 Å². The molecule has 1 fully saturated rings. The fourth-order valence-electron chi connectivity index (χ4n) is 4.58. The van der Waals surface area contributed by atoms with E-state index in [9.17, 15) is 10.1 Å². The molecule has 0 spiro atoms. The van der Waals surface area contributed by atoms with E-state index in [0.29, 0.717) is 23.9 Å². The highest BCUT2D eigenvalue weighted by Crippen LogP contribution is 2.47. The van der Waals surface area contributed by atoms with Gasteiger partial charge in [-0.2, -0.15) is 5.26 Å². The highest BCUT2D eigenvalue weighted by molar-refractivity contribution is 8.03. The molecule has 0 N–H and O–H groups in total. The van der Waals surface area contributed by atoms with Gasteiger partial charge in [0.2, 0.25) is 5.91 Å². The Hall–Kier alpha value is -3.63. The lowest BCUT2D eigenvalue weighted by Crippen LogP contribution is -2.47. The lowest BCUT2D eigenvalue weighted by Gasteiger charge is -2.42. The zero-order valence-corrected chi connectivity index (χ0v) is 19.3. The molecule has 1 saturated heterocycles. The van der Waals surface area contributed by atoms with Crippen molar-refractivity contribution in [3.63, 3.8) is 0 Å². The van der Waals surface area contributed by atoms with Crippen LogP contribution in [0.2, 0.25) is 0 Å². The highest BCUT2D eigenvalue weighted by atomic mass is 32.2. The number of nitrogens with zero attached hydrogens (tertiary/aromatic N) is 3. The molecule has 5 rings (SSSR count). The number of hydrogen-bond donors (Lipinski definition) is 0. The van der Waals surface area contributed by atoms with Crippen LogP contribution in [-0.2, 0) is 4.79 Å². The first kappa shape index (κ1) is 21.2. The van der Waals surface area contributed by atoms with E-state index >= 15 is 0 Å². The molecule has 0 radical (unpaired) electrons. The van der Waals surface area contributed by atoms with Crippen LogP contribution in [0.1, 0.15) is 17.9 Å². The van der Waals surface area contributed by atoms with E-state index in [2.05, 4.69) is 11.0 Å². The van der Waals surface area contributed by atoms with Crippen LogP contribution in [0, 0.1) is 11.3 Å². The van der Waals surface area contributed by atoms with Gasteiger partial charge in [0.05, 0.1) is 43.4 Å². The minimum Gasteiger partial charge on any atom is -0.497 e. The minimum absolute atomic E-state index is 0.00898. The molecule has 2 aliphatic heterocycles. The van der Waals surface area contributed by atoms with Crippen molar-refractivity contribution in [3.8, 4) is 17.6 Å². The Kier molecular flexibility index (Phi) is 5.61. The van der Waals surface area contributed by atoms with E-state index in [1.54, 1.807) is 19.1 Å². The highest BCUT2D eigenvalue weighted by Gasteiger charge is 2.39. The van der Waals surface area contributed by atoms with Crippen molar-refractivity contribution in [2.45, 2.75) is 12.3 Å². The first-order valence-electron chi connectivity index (χ1n) is 10.7. The van der Waals surface area contributed by atoms with Crippen molar-refractivity contribution < 1.29 is 14.3 Å². The summed E-state index contributed by atoms with van der Waals surface area (Å²) in [6.45, 7) is 0.415. The van der Waals surface area contributed by atoms with Crippen LogP contribution < -0.4 is 14.4 Å². The second-order valence-electron chi connectivity index (χ2n) is 7.96. The number of methoxy groups -OCH3 is 2. The topological polar surface area (TPSA) is 65.8 Å². The second-order valence-corrected chi connectivity index (χ2v) is 8.90. The monoisotopic (exact) mass is 457 g/mol. The molecule has 166 valence electrons. The third-order valence-corrected chi connectivity index (χ3v) is 7.38. The Morgan fingerprint density at radius 1 is 1.03 bits per heavy atom. The number of rotatable bonds is 4. The molecule has 33 heavy (non-hydrogen) atoms. The number of fused-ring (bicyclic) bond motifs is 2. The Bertz CT molecular complexity index is 1300. The van der Waals surface area contributed by atoms with Crippen LogP contribution in [0.25, 0.3) is 10.8 Å². The summed E-state index contributed by atoms with van der Waals surface area (Å²) in [6, 6.07) is 22.2. The van der Waals surface area contributed by atoms with Crippen molar-refractivity contribution in [1.82, 2.24) is 4.90 Å². The summed E-state index contributed by atoms with van der Waals surface area (Å²) in [4.78, 5) is 17.2. The molecule has 2 heterocycles. The normalized spacial score (nSPS) is 18.2. The number of amides is 1. The molecule has 6 nitrogen and oxygen atoms in total. The van der Waals surface area contributed by atoms with E-state index in [4.69, 9.17) is 9.47 Å². The maximum Gasteiger partial charge on any atom is 0.229 e. The van der Waals surface area contributed by atoms with E-state index in [1.807, 2.05) is 60.7 Å². The van der Waals surface area contributed by atoms with Crippen molar-refractivity contribution >= 4 is 34.1 Å². The predicted molar refractivity (Wildman–Crippen MR) is 130 cm³/mol. The molecule has 0 aromatic heterocycles. The lowest BCUT2D eigenvalue weighted by atomic mass is 9.83. The SMILES string of the molecule is COc1ccc(N2CSC3=C(C#N)[C@H](c4c(OC)ccc5ccccc45)CC(=O)N3C2)cc1. The summed E-state index contributed by atoms with van der Waals surface area (Å²) in [5, 5.41) is 13.0. The van der Waals surface area contributed by atoms with Gasteiger partial charge in [-0.05, 0) is 41.1 Å². The van der Waals surface area contributed by atoms with Gasteiger partial charge in [-0.25, -0.2) is 0 Å². The number of carbonyl (C=O) groups excluding carboxylic acids is 1. The van der Waals surface area contributed by atoms with Crippen LogP contribution in [0.3, 0.4) is 0 Å². The first-order chi connectivity index (χ1) is 16.1. The fourth-order valence-corrected chi connectivity index (χ4v) is 5.75. The fraction of sp³-hybridized carbons (Fsp3) is 0.231. The van der Waals surface area contributed by atoms with Gasteiger partial charge in [0.15, 0.2) is 0 Å². The summed E-state index contributed by atoms with van der Waals surface area (Å²) < 4.78 is 10.9. The lowest BCUT2D eigenvalue weighted by molar-refractivity contribution is -0.129. The molecule has 0 unspecified atom stereocenters. The molecule has 1 amide bonds. The maximum atomic E-state index is 13.4. The molecular formula is C26H23N3O3S. The summed E-state index contributed by atoms with van der Waals surface area (Å²) in [6.07, 6.45) is 0.230. The van der Waals surface area contributed by atoms with Crippen LogP contribution in [0.5, 0.6) is 11.5 Å². The van der Waals surface area contributed by atoms with Gasteiger partial charge in [0.1, 0.15) is 11.5 Å². The molecule has 0 saturated carbocycles. The van der Waals surface area contributed by atoms with E-state index in [-0.39, 0.29) is 18.2 Å². The molecule has 0 bridgehead atoms. The van der Waals surface area contributed by atoms with Gasteiger partial charge in [-0.3, -0.25) is 9.69 Å². The number of hydrogen-bond acceptors (Lipinski definition) is 6. The van der Waals surface area contributed by atoms with E-state index < -0.39 is 0 Å². The molecule has 3 aromatic carbocycles. The smallest absolute Gasteiger partial charge is 0.229 e. The largest absolute Gasteiger partial charge is 0.497 e. The number of benzene rings is 3. The van der Waals surface area contributed by atoms with Crippen molar-refractivity contribution in [3.05, 3.63) is 76.8 Å². The molecule has 3 aromatic rings. The quantitative estimate of drug-likeness (QED) is 0.545. The number of thioether (sulfide) groups is 1. The van der Waals surface area contributed by atoms with Gasteiger partial charge in [-0.1, -0.05) is 42.1 Å². The Labute approximate surface area is 197 Å². The summed E-state index contributed by atoms with van der Waals surface area (Å²) in [5.41, 5.74) is 2.54. The Morgan fingerprint density at radius 3 is 2.55 bits per heavy atom. The van der Waals surface area contributed by atoms with Gasteiger partial charge in [-0.15, -0.1) is 0 Å². The van der Waals surface area contributed by atoms with Crippen molar-refractivity contribution in [2.24, 2.45) is 0 Å². The number of nitriles is 1. The van der Waals surface area contributed by atoms with Crippen molar-refractivity contribution in [1.29, 1.82) is 5.26 Å². The van der Waals surface area contributed by atoms with Gasteiger partial charge >= 0.3 is 0 Å². The third-order valence-electron chi connectivity index (χ3n) is 6.23. The average Bonchev–Trinajstić information content (AvgIpc) is 2.87. The molecule has 2 aliphatic rings. The van der Waals surface area contributed by atoms with Crippen LogP contribution in [0.4, 0.5) is 5.69 Å². The number of carbonyl (C=O) groups is 1. The molecule has 7 heteroatoms. The first-order valence-corrected chi connectivity index (χ1v) is 11.6. The number of anilines is 1. The Morgan fingerprint density at radius 2 is 1.82 bits per heavy atom.